The van der Waals surface area contributed by atoms with Crippen LogP contribution in [-0.4, -0.2) is 58.2 Å². The largest absolute Gasteiger partial charge is 0.495 e. The van der Waals surface area contributed by atoms with Gasteiger partial charge in [-0.2, -0.15) is 0 Å². The van der Waals surface area contributed by atoms with Crippen molar-refractivity contribution in [2.45, 2.75) is 6.92 Å². The van der Waals surface area contributed by atoms with Gasteiger partial charge in [-0.15, -0.1) is 0 Å². The lowest BCUT2D eigenvalue weighted by atomic mass is 10.1. The molecule has 27 heavy (non-hydrogen) atoms. The van der Waals surface area contributed by atoms with E-state index in [1.807, 2.05) is 50.4 Å². The van der Waals surface area contributed by atoms with E-state index in [1.165, 1.54) is 0 Å². The fourth-order valence-corrected chi connectivity index (χ4v) is 3.52. The maximum atomic E-state index is 13.0. The highest BCUT2D eigenvalue weighted by Gasteiger charge is 2.21. The summed E-state index contributed by atoms with van der Waals surface area (Å²) < 4.78 is 6.57. The van der Waals surface area contributed by atoms with Crippen molar-refractivity contribution in [2.75, 3.05) is 57.2 Å². The fourth-order valence-electron chi connectivity index (χ4n) is 3.27. The van der Waals surface area contributed by atoms with Gasteiger partial charge in [0.15, 0.2) is 0 Å². The number of piperazine rings is 1. The molecular weight excluding hydrogens is 406 g/mol. The van der Waals surface area contributed by atoms with E-state index in [0.29, 0.717) is 5.56 Å². The summed E-state index contributed by atoms with van der Waals surface area (Å²) in [6, 6.07) is 11.6. The minimum absolute atomic E-state index is 0.0277. The lowest BCUT2D eigenvalue weighted by Crippen LogP contribution is -2.44. The molecule has 1 amide bonds. The van der Waals surface area contributed by atoms with Crippen molar-refractivity contribution in [3.63, 3.8) is 0 Å². The molecule has 1 aliphatic heterocycles. The zero-order valence-corrected chi connectivity index (χ0v) is 17.9. The molecule has 0 saturated carbocycles. The number of methoxy groups -OCH3 is 1. The SMILES string of the molecule is COc1ccc(N(C)C(=O)c2ccc(Br)c(C)c2)cc1N1CCN(C)CC1. The average Bonchev–Trinajstić information content (AvgIpc) is 2.69. The summed E-state index contributed by atoms with van der Waals surface area (Å²) in [5.74, 6) is 0.809. The third kappa shape index (κ3) is 4.28. The summed E-state index contributed by atoms with van der Waals surface area (Å²) in [5, 5.41) is 0. The molecule has 1 fully saturated rings. The Kier molecular flexibility index (Phi) is 6.07. The summed E-state index contributed by atoms with van der Waals surface area (Å²) in [4.78, 5) is 19.3. The molecule has 3 rings (SSSR count). The molecule has 0 radical (unpaired) electrons. The standard InChI is InChI=1S/C21H26BrN3O2/c1-15-13-16(5-7-18(15)22)21(26)24(3)17-6-8-20(27-4)19(14-17)25-11-9-23(2)10-12-25/h5-8,13-14H,9-12H2,1-4H3. The molecule has 1 heterocycles. The van der Waals surface area contributed by atoms with Gasteiger partial charge in [-0.05, 0) is 55.9 Å². The Balaban J connectivity index is 1.88. The van der Waals surface area contributed by atoms with E-state index in [9.17, 15) is 4.79 Å². The first-order valence-corrected chi connectivity index (χ1v) is 9.85. The average molecular weight is 432 g/mol. The Morgan fingerprint density at radius 3 is 2.44 bits per heavy atom. The Bertz CT molecular complexity index is 832. The minimum atomic E-state index is -0.0277. The van der Waals surface area contributed by atoms with Gasteiger partial charge < -0.3 is 19.4 Å². The number of benzene rings is 2. The van der Waals surface area contributed by atoms with Crippen LogP contribution in [0.25, 0.3) is 0 Å². The lowest BCUT2D eigenvalue weighted by molar-refractivity contribution is 0.0993. The van der Waals surface area contributed by atoms with Crippen LogP contribution in [0.15, 0.2) is 40.9 Å². The Hall–Kier alpha value is -2.05. The van der Waals surface area contributed by atoms with E-state index in [2.05, 4.69) is 32.8 Å². The summed E-state index contributed by atoms with van der Waals surface area (Å²) in [6.07, 6.45) is 0. The van der Waals surface area contributed by atoms with E-state index in [-0.39, 0.29) is 5.91 Å². The van der Waals surface area contributed by atoms with Crippen molar-refractivity contribution >= 4 is 33.2 Å². The molecule has 1 aliphatic rings. The third-order valence-electron chi connectivity index (χ3n) is 5.10. The second-order valence-electron chi connectivity index (χ2n) is 6.97. The van der Waals surface area contributed by atoms with E-state index in [1.54, 1.807) is 12.0 Å². The summed E-state index contributed by atoms with van der Waals surface area (Å²) >= 11 is 3.49. The van der Waals surface area contributed by atoms with E-state index < -0.39 is 0 Å². The number of hydrogen-bond donors (Lipinski definition) is 0. The Labute approximate surface area is 169 Å². The number of nitrogens with zero attached hydrogens (tertiary/aromatic N) is 3. The molecule has 144 valence electrons. The topological polar surface area (TPSA) is 36.0 Å². The molecule has 0 aliphatic carbocycles. The molecule has 0 atom stereocenters. The fraction of sp³-hybridized carbons (Fsp3) is 0.381. The van der Waals surface area contributed by atoms with Crippen LogP contribution >= 0.6 is 15.9 Å². The molecule has 0 N–H and O–H groups in total. The predicted molar refractivity (Wildman–Crippen MR) is 114 cm³/mol. The normalized spacial score (nSPS) is 14.9. The van der Waals surface area contributed by atoms with Crippen LogP contribution in [0.3, 0.4) is 0 Å². The number of anilines is 2. The van der Waals surface area contributed by atoms with Gasteiger partial charge in [0.2, 0.25) is 0 Å². The molecular formula is C21H26BrN3O2. The highest BCUT2D eigenvalue weighted by molar-refractivity contribution is 9.10. The molecule has 2 aromatic rings. The second-order valence-corrected chi connectivity index (χ2v) is 7.83. The number of aryl methyl sites for hydroxylation is 1. The number of likely N-dealkylation sites (N-methyl/N-ethyl adjacent to an activating group) is 1. The summed E-state index contributed by atoms with van der Waals surface area (Å²) in [5.41, 5.74) is 3.61. The lowest BCUT2D eigenvalue weighted by Gasteiger charge is -2.35. The first-order valence-electron chi connectivity index (χ1n) is 9.06. The van der Waals surface area contributed by atoms with Crippen molar-refractivity contribution in [3.8, 4) is 5.75 Å². The van der Waals surface area contributed by atoms with Crippen LogP contribution < -0.4 is 14.5 Å². The third-order valence-corrected chi connectivity index (χ3v) is 5.99. The zero-order valence-electron chi connectivity index (χ0n) is 16.3. The van der Waals surface area contributed by atoms with E-state index in [4.69, 9.17) is 4.74 Å². The van der Waals surface area contributed by atoms with Crippen LogP contribution in [0.4, 0.5) is 11.4 Å². The molecule has 5 nitrogen and oxygen atoms in total. The number of rotatable bonds is 4. The number of halogens is 1. The van der Waals surface area contributed by atoms with Gasteiger partial charge in [0.1, 0.15) is 5.75 Å². The monoisotopic (exact) mass is 431 g/mol. The second kappa shape index (κ2) is 8.31. The highest BCUT2D eigenvalue weighted by Crippen LogP contribution is 2.33. The number of carbonyl (C=O) groups excluding carboxylic acids is 1. The molecule has 1 saturated heterocycles. The van der Waals surface area contributed by atoms with Crippen LogP contribution in [0, 0.1) is 6.92 Å². The number of ether oxygens (including phenoxy) is 1. The maximum Gasteiger partial charge on any atom is 0.258 e. The van der Waals surface area contributed by atoms with Crippen LogP contribution in [0.2, 0.25) is 0 Å². The first kappa shape index (κ1) is 19.7. The van der Waals surface area contributed by atoms with Gasteiger partial charge in [0.25, 0.3) is 5.91 Å². The highest BCUT2D eigenvalue weighted by atomic mass is 79.9. The Morgan fingerprint density at radius 1 is 1.11 bits per heavy atom. The van der Waals surface area contributed by atoms with Crippen LogP contribution in [0.1, 0.15) is 15.9 Å². The van der Waals surface area contributed by atoms with E-state index in [0.717, 1.165) is 53.3 Å². The smallest absolute Gasteiger partial charge is 0.258 e. The molecule has 6 heteroatoms. The number of hydrogen-bond acceptors (Lipinski definition) is 4. The van der Waals surface area contributed by atoms with Gasteiger partial charge in [0.05, 0.1) is 12.8 Å². The van der Waals surface area contributed by atoms with Crippen LogP contribution in [-0.2, 0) is 0 Å². The molecule has 0 unspecified atom stereocenters. The van der Waals surface area contributed by atoms with Crippen molar-refractivity contribution in [3.05, 3.63) is 52.0 Å². The molecule has 0 spiro atoms. The summed E-state index contributed by atoms with van der Waals surface area (Å²) in [7, 11) is 5.64. The minimum Gasteiger partial charge on any atom is -0.495 e. The number of carbonyl (C=O) groups is 1. The van der Waals surface area contributed by atoms with Crippen molar-refractivity contribution < 1.29 is 9.53 Å². The van der Waals surface area contributed by atoms with Gasteiger partial charge in [-0.1, -0.05) is 15.9 Å². The molecule has 0 bridgehead atoms. The molecule has 2 aromatic carbocycles. The maximum absolute atomic E-state index is 13.0. The van der Waals surface area contributed by atoms with Crippen LogP contribution in [0.5, 0.6) is 5.75 Å². The summed E-state index contributed by atoms with van der Waals surface area (Å²) in [6.45, 7) is 5.90. The van der Waals surface area contributed by atoms with Gasteiger partial charge >= 0.3 is 0 Å². The van der Waals surface area contributed by atoms with E-state index >= 15 is 0 Å². The van der Waals surface area contributed by atoms with Gasteiger partial charge in [-0.25, -0.2) is 0 Å². The predicted octanol–water partition coefficient (Wildman–Crippen LogP) is 3.79. The van der Waals surface area contributed by atoms with Gasteiger partial charge in [-0.3, -0.25) is 4.79 Å². The van der Waals surface area contributed by atoms with Crippen molar-refractivity contribution in [1.82, 2.24) is 4.90 Å². The van der Waals surface area contributed by atoms with Crippen molar-refractivity contribution in [1.29, 1.82) is 0 Å². The molecule has 0 aromatic heterocycles. The zero-order chi connectivity index (χ0) is 19.6. The quantitative estimate of drug-likeness (QED) is 0.737. The van der Waals surface area contributed by atoms with Gasteiger partial charge in [0, 0.05) is 49.0 Å². The van der Waals surface area contributed by atoms with Crippen molar-refractivity contribution in [2.24, 2.45) is 0 Å². The Morgan fingerprint density at radius 2 is 1.81 bits per heavy atom. The first-order chi connectivity index (χ1) is 12.9. The number of amides is 1.